The average Bonchev–Trinajstić information content (AvgIpc) is 2.99. The van der Waals surface area contributed by atoms with Crippen LogP contribution in [0.25, 0.3) is 22.0 Å². The second kappa shape index (κ2) is 4.20. The van der Waals surface area contributed by atoms with Crippen LogP contribution in [0.15, 0.2) is 64.2 Å². The summed E-state index contributed by atoms with van der Waals surface area (Å²) in [6, 6.07) is 5.65. The third-order valence-corrected chi connectivity index (χ3v) is 3.67. The minimum Gasteiger partial charge on any atom is -0.458 e. The SMILES string of the molecule is O=c1c2occc2c2cccnc2n1C1C=CC=CC1. The van der Waals surface area contributed by atoms with Gasteiger partial charge in [0.1, 0.15) is 5.65 Å². The van der Waals surface area contributed by atoms with E-state index in [1.807, 2.05) is 36.4 Å². The summed E-state index contributed by atoms with van der Waals surface area (Å²) < 4.78 is 7.11. The zero-order valence-corrected chi connectivity index (χ0v) is 10.7. The number of furan rings is 1. The maximum atomic E-state index is 12.7. The second-order valence-corrected chi connectivity index (χ2v) is 4.83. The van der Waals surface area contributed by atoms with Crippen LogP contribution in [-0.2, 0) is 0 Å². The van der Waals surface area contributed by atoms with Gasteiger partial charge in [0.25, 0.3) is 5.56 Å². The molecule has 0 aromatic carbocycles. The molecule has 0 bridgehead atoms. The molecule has 0 aliphatic heterocycles. The molecule has 20 heavy (non-hydrogen) atoms. The molecular formula is C16H12N2O2. The van der Waals surface area contributed by atoms with E-state index in [2.05, 4.69) is 11.1 Å². The Balaban J connectivity index is 2.16. The molecule has 1 unspecified atom stereocenters. The van der Waals surface area contributed by atoms with E-state index >= 15 is 0 Å². The Bertz CT molecular complexity index is 915. The molecule has 4 heteroatoms. The van der Waals surface area contributed by atoms with Gasteiger partial charge in [-0.15, -0.1) is 0 Å². The zero-order chi connectivity index (χ0) is 13.5. The number of allylic oxidation sites excluding steroid dienone is 4. The highest BCUT2D eigenvalue weighted by Gasteiger charge is 2.18. The Kier molecular flexibility index (Phi) is 2.36. The van der Waals surface area contributed by atoms with E-state index < -0.39 is 0 Å². The summed E-state index contributed by atoms with van der Waals surface area (Å²) in [5.41, 5.74) is 0.978. The van der Waals surface area contributed by atoms with Gasteiger partial charge in [-0.1, -0.05) is 24.3 Å². The fraction of sp³-hybridized carbons (Fsp3) is 0.125. The van der Waals surface area contributed by atoms with E-state index in [-0.39, 0.29) is 11.6 Å². The van der Waals surface area contributed by atoms with Crippen molar-refractivity contribution in [2.45, 2.75) is 12.5 Å². The number of rotatable bonds is 1. The van der Waals surface area contributed by atoms with Gasteiger partial charge in [-0.25, -0.2) is 4.98 Å². The van der Waals surface area contributed by atoms with Gasteiger partial charge < -0.3 is 4.42 Å². The smallest absolute Gasteiger partial charge is 0.296 e. The molecule has 0 amide bonds. The number of pyridine rings is 2. The summed E-state index contributed by atoms with van der Waals surface area (Å²) in [7, 11) is 0. The van der Waals surface area contributed by atoms with Crippen LogP contribution in [0, 0.1) is 0 Å². The molecule has 0 radical (unpaired) electrons. The zero-order valence-electron chi connectivity index (χ0n) is 10.7. The molecule has 4 rings (SSSR count). The third-order valence-electron chi connectivity index (χ3n) is 3.67. The number of hydrogen-bond donors (Lipinski definition) is 0. The van der Waals surface area contributed by atoms with Crippen LogP contribution < -0.4 is 5.56 Å². The molecule has 1 atom stereocenters. The molecule has 0 spiro atoms. The van der Waals surface area contributed by atoms with E-state index in [0.29, 0.717) is 11.2 Å². The van der Waals surface area contributed by atoms with Gasteiger partial charge in [0, 0.05) is 17.0 Å². The Labute approximate surface area is 114 Å². The summed E-state index contributed by atoms with van der Waals surface area (Å²) in [5, 5.41) is 1.77. The number of fused-ring (bicyclic) bond motifs is 3. The molecule has 3 aromatic heterocycles. The molecule has 0 N–H and O–H groups in total. The predicted octanol–water partition coefficient (Wildman–Crippen LogP) is 3.20. The van der Waals surface area contributed by atoms with Crippen molar-refractivity contribution in [1.82, 2.24) is 9.55 Å². The molecule has 98 valence electrons. The van der Waals surface area contributed by atoms with Crippen LogP contribution in [-0.4, -0.2) is 9.55 Å². The van der Waals surface area contributed by atoms with E-state index in [0.717, 1.165) is 17.2 Å². The first-order valence-corrected chi connectivity index (χ1v) is 6.56. The van der Waals surface area contributed by atoms with Gasteiger partial charge in [-0.3, -0.25) is 9.36 Å². The van der Waals surface area contributed by atoms with E-state index in [1.165, 1.54) is 0 Å². The van der Waals surface area contributed by atoms with Crippen molar-refractivity contribution in [3.05, 3.63) is 65.3 Å². The van der Waals surface area contributed by atoms with Gasteiger partial charge in [0.2, 0.25) is 0 Å². The van der Waals surface area contributed by atoms with Crippen molar-refractivity contribution in [3.8, 4) is 0 Å². The number of hydrogen-bond acceptors (Lipinski definition) is 3. The number of aromatic nitrogens is 2. The summed E-state index contributed by atoms with van der Waals surface area (Å²) in [4.78, 5) is 17.1. The maximum absolute atomic E-state index is 12.7. The molecule has 3 heterocycles. The standard InChI is InChI=1S/C16H12N2O2/c19-16-14-12(8-10-20-14)13-7-4-9-17-15(13)18(16)11-5-2-1-3-6-11/h1-5,7-11H,6H2. The van der Waals surface area contributed by atoms with Gasteiger partial charge in [0.05, 0.1) is 12.3 Å². The summed E-state index contributed by atoms with van der Waals surface area (Å²) in [5.74, 6) is 0. The van der Waals surface area contributed by atoms with Crippen molar-refractivity contribution in [2.24, 2.45) is 0 Å². The predicted molar refractivity (Wildman–Crippen MR) is 77.7 cm³/mol. The van der Waals surface area contributed by atoms with Crippen molar-refractivity contribution in [2.75, 3.05) is 0 Å². The lowest BCUT2D eigenvalue weighted by molar-refractivity contribution is 0.574. The molecule has 0 saturated carbocycles. The lowest BCUT2D eigenvalue weighted by Crippen LogP contribution is -2.25. The summed E-state index contributed by atoms with van der Waals surface area (Å²) in [6.45, 7) is 0. The normalized spacial score (nSPS) is 18.1. The number of nitrogens with zero attached hydrogens (tertiary/aromatic N) is 2. The molecule has 4 nitrogen and oxygen atoms in total. The van der Waals surface area contributed by atoms with Gasteiger partial charge in [0.15, 0.2) is 5.58 Å². The van der Waals surface area contributed by atoms with Gasteiger partial charge in [-0.05, 0) is 24.6 Å². The lowest BCUT2D eigenvalue weighted by Gasteiger charge is -2.18. The minimum absolute atomic E-state index is 0.0144. The fourth-order valence-corrected chi connectivity index (χ4v) is 2.76. The van der Waals surface area contributed by atoms with Crippen LogP contribution in [0.2, 0.25) is 0 Å². The fourth-order valence-electron chi connectivity index (χ4n) is 2.76. The molecule has 3 aromatic rings. The van der Waals surface area contributed by atoms with Crippen molar-refractivity contribution < 1.29 is 4.42 Å². The lowest BCUT2D eigenvalue weighted by atomic mass is 10.1. The highest BCUT2D eigenvalue weighted by molar-refractivity contribution is 6.02. The largest absolute Gasteiger partial charge is 0.458 e. The van der Waals surface area contributed by atoms with E-state index in [4.69, 9.17) is 4.42 Å². The highest BCUT2D eigenvalue weighted by Crippen LogP contribution is 2.26. The molecule has 0 saturated heterocycles. The van der Waals surface area contributed by atoms with E-state index in [9.17, 15) is 4.79 Å². The van der Waals surface area contributed by atoms with Gasteiger partial charge >= 0.3 is 0 Å². The van der Waals surface area contributed by atoms with E-state index in [1.54, 1.807) is 17.0 Å². The third kappa shape index (κ3) is 1.48. The Morgan fingerprint density at radius 1 is 1.25 bits per heavy atom. The topological polar surface area (TPSA) is 48.0 Å². The molecule has 1 aliphatic rings. The van der Waals surface area contributed by atoms with Crippen LogP contribution in [0.4, 0.5) is 0 Å². The highest BCUT2D eigenvalue weighted by atomic mass is 16.3. The van der Waals surface area contributed by atoms with Crippen LogP contribution in [0.5, 0.6) is 0 Å². The second-order valence-electron chi connectivity index (χ2n) is 4.83. The van der Waals surface area contributed by atoms with Crippen LogP contribution >= 0.6 is 0 Å². The molecule has 1 aliphatic carbocycles. The first kappa shape index (κ1) is 11.2. The minimum atomic E-state index is -0.124. The van der Waals surface area contributed by atoms with Crippen molar-refractivity contribution >= 4 is 22.0 Å². The first-order chi connectivity index (χ1) is 9.86. The van der Waals surface area contributed by atoms with Gasteiger partial charge in [-0.2, -0.15) is 0 Å². The van der Waals surface area contributed by atoms with Crippen molar-refractivity contribution in [3.63, 3.8) is 0 Å². The molecular weight excluding hydrogens is 252 g/mol. The first-order valence-electron chi connectivity index (χ1n) is 6.56. The quantitative estimate of drug-likeness (QED) is 0.678. The van der Waals surface area contributed by atoms with Crippen molar-refractivity contribution in [1.29, 1.82) is 0 Å². The molecule has 0 fully saturated rings. The summed E-state index contributed by atoms with van der Waals surface area (Å²) >= 11 is 0. The van der Waals surface area contributed by atoms with Crippen LogP contribution in [0.1, 0.15) is 12.5 Å². The Morgan fingerprint density at radius 3 is 3.05 bits per heavy atom. The average molecular weight is 264 g/mol. The Morgan fingerprint density at radius 2 is 2.20 bits per heavy atom. The monoisotopic (exact) mass is 264 g/mol. The maximum Gasteiger partial charge on any atom is 0.296 e. The van der Waals surface area contributed by atoms with Crippen LogP contribution in [0.3, 0.4) is 0 Å². The summed E-state index contributed by atoms with van der Waals surface area (Å²) in [6.07, 6.45) is 12.1. The Hall–Kier alpha value is -2.62.